The van der Waals surface area contributed by atoms with E-state index in [0.29, 0.717) is 9.28 Å². The van der Waals surface area contributed by atoms with E-state index in [1.54, 1.807) is 0 Å². The van der Waals surface area contributed by atoms with E-state index in [1.807, 2.05) is 22.6 Å². The number of halogens is 2. The second-order valence-electron chi connectivity index (χ2n) is 1.78. The van der Waals surface area contributed by atoms with Crippen molar-refractivity contribution in [3.63, 3.8) is 0 Å². The third-order valence-corrected chi connectivity index (χ3v) is 1.79. The lowest BCUT2D eigenvalue weighted by Gasteiger charge is -1.98. The van der Waals surface area contributed by atoms with Gasteiger partial charge in [0.2, 0.25) is 0 Å². The van der Waals surface area contributed by atoms with Gasteiger partial charge in [-0.25, -0.2) is 0 Å². The number of aromatic nitrogens is 2. The number of rotatable bonds is 1. The second kappa shape index (κ2) is 3.31. The molecule has 0 amide bonds. The van der Waals surface area contributed by atoms with Gasteiger partial charge < -0.3 is 5.73 Å². The quantitative estimate of drug-likeness (QED) is 0.605. The molecule has 0 spiro atoms. The van der Waals surface area contributed by atoms with E-state index in [4.69, 9.17) is 22.7 Å². The summed E-state index contributed by atoms with van der Waals surface area (Å²) in [6.45, 7) is 0. The molecule has 11 heavy (non-hydrogen) atoms. The summed E-state index contributed by atoms with van der Waals surface area (Å²) >= 11 is 7.36. The minimum absolute atomic E-state index is 0.230. The maximum atomic E-state index is 7.25. The molecule has 0 fully saturated rings. The molecular weight excluding hydrogens is 278 g/mol. The number of hydrogen-bond acceptors (Lipinski definition) is 4. The van der Waals surface area contributed by atoms with E-state index in [-0.39, 0.29) is 11.0 Å². The molecule has 0 aliphatic heterocycles. The van der Waals surface area contributed by atoms with Crippen LogP contribution in [0.3, 0.4) is 0 Å². The Morgan fingerprint density at radius 1 is 1.64 bits per heavy atom. The summed E-state index contributed by atoms with van der Waals surface area (Å²) in [6.07, 6.45) is 0. The van der Waals surface area contributed by atoms with Gasteiger partial charge in [-0.15, -0.1) is 10.2 Å². The first-order valence-corrected chi connectivity index (χ1v) is 4.10. The van der Waals surface area contributed by atoms with Gasteiger partial charge in [0.1, 0.15) is 3.72 Å². The van der Waals surface area contributed by atoms with E-state index in [9.17, 15) is 0 Å². The molecule has 3 N–H and O–H groups in total. The molecule has 0 atom stereocenters. The zero-order valence-electron chi connectivity index (χ0n) is 5.31. The fraction of sp³-hybridized carbons (Fsp3) is 0. The van der Waals surface area contributed by atoms with Crippen LogP contribution >= 0.6 is 34.2 Å². The third-order valence-electron chi connectivity index (χ3n) is 1.03. The zero-order chi connectivity index (χ0) is 8.43. The molecule has 0 aromatic carbocycles. The molecule has 1 aromatic rings. The van der Waals surface area contributed by atoms with E-state index < -0.39 is 0 Å². The first-order chi connectivity index (χ1) is 5.11. The lowest BCUT2D eigenvalue weighted by molar-refractivity contribution is 1.04. The van der Waals surface area contributed by atoms with Crippen molar-refractivity contribution in [1.29, 1.82) is 5.41 Å². The van der Waals surface area contributed by atoms with Gasteiger partial charge in [0, 0.05) is 0 Å². The number of nitrogens with two attached hydrogens (primary N) is 1. The summed E-state index contributed by atoms with van der Waals surface area (Å²) in [5.41, 5.74) is 5.93. The molecule has 1 heterocycles. The van der Waals surface area contributed by atoms with Crippen molar-refractivity contribution in [2.75, 3.05) is 5.73 Å². The molecule has 0 aliphatic rings. The lowest BCUT2D eigenvalue weighted by Crippen LogP contribution is -2.01. The molecule has 1 rings (SSSR count). The smallest absolute Gasteiger partial charge is 0.156 e. The summed E-state index contributed by atoms with van der Waals surface area (Å²) in [7, 11) is 0. The lowest BCUT2D eigenvalue weighted by atomic mass is 10.3. The third kappa shape index (κ3) is 2.00. The molecule has 6 heteroatoms. The van der Waals surface area contributed by atoms with Crippen LogP contribution in [0.15, 0.2) is 6.07 Å². The van der Waals surface area contributed by atoms with Crippen molar-refractivity contribution in [1.82, 2.24) is 10.2 Å². The Balaban J connectivity index is 3.23. The fourth-order valence-corrected chi connectivity index (χ4v) is 1.13. The monoisotopic (exact) mass is 282 g/mol. The Morgan fingerprint density at radius 2 is 2.27 bits per heavy atom. The first kappa shape index (κ1) is 8.66. The van der Waals surface area contributed by atoms with E-state index >= 15 is 0 Å². The van der Waals surface area contributed by atoms with Gasteiger partial charge in [-0.1, -0.05) is 11.6 Å². The Labute approximate surface area is 81.8 Å². The number of nitrogens with zero attached hydrogens (tertiary/aromatic N) is 2. The molecule has 0 saturated heterocycles. The maximum absolute atomic E-state index is 7.25. The second-order valence-corrected chi connectivity index (χ2v) is 3.25. The van der Waals surface area contributed by atoms with Crippen molar-refractivity contribution >= 4 is 43.7 Å². The van der Waals surface area contributed by atoms with Gasteiger partial charge >= 0.3 is 0 Å². The largest absolute Gasteiger partial charge is 0.382 e. The van der Waals surface area contributed by atoms with Crippen LogP contribution in [0.1, 0.15) is 5.56 Å². The standard InChI is InChI=1S/C5H4ClIN4/c6-3-1-2(4(7)8)5(9)11-10-3/h1,8H,(H2,9,11). The highest BCUT2D eigenvalue weighted by atomic mass is 127. The van der Waals surface area contributed by atoms with E-state index in [1.165, 1.54) is 6.07 Å². The summed E-state index contributed by atoms with van der Waals surface area (Å²) in [5, 5.41) is 14.6. The van der Waals surface area contributed by atoms with Crippen LogP contribution in [-0.2, 0) is 0 Å². The SMILES string of the molecule is N=C(I)c1cc(Cl)nnc1N. The number of hydrogen-bond donors (Lipinski definition) is 2. The Hall–Kier alpha value is -0.430. The van der Waals surface area contributed by atoms with Crippen LogP contribution in [0, 0.1) is 5.41 Å². The zero-order valence-corrected chi connectivity index (χ0v) is 8.22. The van der Waals surface area contributed by atoms with Crippen LogP contribution in [-0.4, -0.2) is 13.9 Å². The highest BCUT2D eigenvalue weighted by Crippen LogP contribution is 2.15. The highest BCUT2D eigenvalue weighted by Gasteiger charge is 2.04. The molecule has 0 bridgehead atoms. The molecule has 4 nitrogen and oxygen atoms in total. The van der Waals surface area contributed by atoms with Crippen LogP contribution in [0.2, 0.25) is 5.15 Å². The van der Waals surface area contributed by atoms with Gasteiger partial charge in [-0.3, -0.25) is 5.41 Å². The van der Waals surface area contributed by atoms with Gasteiger partial charge in [-0.2, -0.15) is 0 Å². The summed E-state index contributed by atoms with van der Waals surface area (Å²) in [5.74, 6) is 0.230. The summed E-state index contributed by atoms with van der Waals surface area (Å²) < 4.78 is 0.303. The molecule has 0 unspecified atom stereocenters. The predicted molar refractivity (Wildman–Crippen MR) is 52.3 cm³/mol. The summed E-state index contributed by atoms with van der Waals surface area (Å²) in [6, 6.07) is 1.51. The molecular formula is C5H4ClIN4. The topological polar surface area (TPSA) is 75.7 Å². The minimum Gasteiger partial charge on any atom is -0.382 e. The average molecular weight is 282 g/mol. The minimum atomic E-state index is 0.230. The van der Waals surface area contributed by atoms with Crippen molar-refractivity contribution in [2.24, 2.45) is 0 Å². The Bertz CT molecular complexity index is 301. The number of nitrogens with one attached hydrogen (secondary N) is 1. The molecule has 0 radical (unpaired) electrons. The van der Waals surface area contributed by atoms with Gasteiger partial charge in [-0.05, 0) is 28.7 Å². The highest BCUT2D eigenvalue weighted by molar-refractivity contribution is 14.1. The molecule has 0 aliphatic carbocycles. The van der Waals surface area contributed by atoms with Crippen LogP contribution < -0.4 is 5.73 Å². The van der Waals surface area contributed by atoms with Crippen LogP contribution in [0.4, 0.5) is 5.82 Å². The maximum Gasteiger partial charge on any atom is 0.156 e. The fourth-order valence-electron chi connectivity index (χ4n) is 0.553. The predicted octanol–water partition coefficient (Wildman–Crippen LogP) is 1.47. The van der Waals surface area contributed by atoms with Crippen molar-refractivity contribution in [3.05, 3.63) is 16.8 Å². The number of anilines is 1. The van der Waals surface area contributed by atoms with Crippen LogP contribution in [0.5, 0.6) is 0 Å². The van der Waals surface area contributed by atoms with Gasteiger partial charge in [0.25, 0.3) is 0 Å². The first-order valence-electron chi connectivity index (χ1n) is 2.64. The molecule has 0 saturated carbocycles. The average Bonchev–Trinajstić information content (AvgIpc) is 1.94. The van der Waals surface area contributed by atoms with E-state index in [2.05, 4.69) is 10.2 Å². The van der Waals surface area contributed by atoms with Gasteiger partial charge in [0.05, 0.1) is 5.56 Å². The number of nitrogen functional groups attached to an aromatic ring is 1. The molecule has 58 valence electrons. The Kier molecular flexibility index (Phi) is 2.61. The van der Waals surface area contributed by atoms with Crippen LogP contribution in [0.25, 0.3) is 0 Å². The molecule has 1 aromatic heterocycles. The summed E-state index contributed by atoms with van der Waals surface area (Å²) in [4.78, 5) is 0. The van der Waals surface area contributed by atoms with Crippen molar-refractivity contribution in [3.8, 4) is 0 Å². The van der Waals surface area contributed by atoms with Crippen molar-refractivity contribution in [2.45, 2.75) is 0 Å². The van der Waals surface area contributed by atoms with E-state index in [0.717, 1.165) is 0 Å². The van der Waals surface area contributed by atoms with Gasteiger partial charge in [0.15, 0.2) is 11.0 Å². The normalized spacial score (nSPS) is 9.64. The Morgan fingerprint density at radius 3 is 2.73 bits per heavy atom. The van der Waals surface area contributed by atoms with Crippen molar-refractivity contribution < 1.29 is 0 Å².